The summed E-state index contributed by atoms with van der Waals surface area (Å²) in [5, 5.41) is 9.19. The second-order valence-electron chi connectivity index (χ2n) is 4.94. The molecule has 2 rings (SSSR count). The minimum atomic E-state index is -0.998. The Kier molecular flexibility index (Phi) is 3.78. The Balaban J connectivity index is 2.29. The Bertz CT molecular complexity index is 564. The van der Waals surface area contributed by atoms with Gasteiger partial charge in [0.1, 0.15) is 11.7 Å². The number of carbonyl (C=O) groups is 3. The number of carboxylic acid groups (broad SMARTS) is 1. The number of piperidine rings is 1. The van der Waals surface area contributed by atoms with Crippen LogP contribution in [0.5, 0.6) is 0 Å². The van der Waals surface area contributed by atoms with Gasteiger partial charge in [0.05, 0.1) is 5.56 Å². The molecule has 1 aliphatic heterocycles. The lowest BCUT2D eigenvalue weighted by atomic mass is 10.0. The number of aliphatic carboxylic acids is 1. The van der Waals surface area contributed by atoms with Gasteiger partial charge >= 0.3 is 5.97 Å². The number of carboxylic acids is 1. The van der Waals surface area contributed by atoms with Gasteiger partial charge in [0.2, 0.25) is 5.91 Å². The number of nitrogens with two attached hydrogens (primary N) is 1. The summed E-state index contributed by atoms with van der Waals surface area (Å²) >= 11 is 0. The maximum atomic E-state index is 12.5. The van der Waals surface area contributed by atoms with Crippen molar-refractivity contribution in [2.45, 2.75) is 25.3 Å². The van der Waals surface area contributed by atoms with Crippen LogP contribution >= 0.6 is 0 Å². The van der Waals surface area contributed by atoms with E-state index in [4.69, 9.17) is 5.73 Å². The van der Waals surface area contributed by atoms with Crippen molar-refractivity contribution in [3.8, 4) is 0 Å². The van der Waals surface area contributed by atoms with Crippen LogP contribution in [0.3, 0.4) is 0 Å². The van der Waals surface area contributed by atoms with Gasteiger partial charge in [-0.25, -0.2) is 4.79 Å². The number of amides is 2. The molecule has 0 aliphatic carbocycles. The third-order valence-corrected chi connectivity index (χ3v) is 3.56. The van der Waals surface area contributed by atoms with Crippen molar-refractivity contribution < 1.29 is 19.5 Å². The first-order valence-corrected chi connectivity index (χ1v) is 6.41. The maximum absolute atomic E-state index is 12.5. The molecule has 7 heteroatoms. The summed E-state index contributed by atoms with van der Waals surface area (Å²) in [4.78, 5) is 36.2. The number of likely N-dealkylation sites (tertiary alicyclic amines) is 1. The molecule has 1 aromatic heterocycles. The Labute approximate surface area is 116 Å². The van der Waals surface area contributed by atoms with E-state index in [0.29, 0.717) is 13.0 Å². The van der Waals surface area contributed by atoms with Crippen LogP contribution in [0.15, 0.2) is 12.3 Å². The highest BCUT2D eigenvalue weighted by Crippen LogP contribution is 2.20. The van der Waals surface area contributed by atoms with E-state index in [2.05, 4.69) is 0 Å². The number of aryl methyl sites for hydroxylation is 1. The summed E-state index contributed by atoms with van der Waals surface area (Å²) < 4.78 is 1.50. The van der Waals surface area contributed by atoms with Gasteiger partial charge in [-0.15, -0.1) is 0 Å². The molecule has 1 atom stereocenters. The van der Waals surface area contributed by atoms with Crippen molar-refractivity contribution >= 4 is 17.8 Å². The molecular formula is C13H17N3O4. The fourth-order valence-electron chi connectivity index (χ4n) is 2.49. The average molecular weight is 279 g/mol. The van der Waals surface area contributed by atoms with Crippen LogP contribution in [0.25, 0.3) is 0 Å². The zero-order chi connectivity index (χ0) is 14.9. The molecule has 1 unspecified atom stereocenters. The van der Waals surface area contributed by atoms with Gasteiger partial charge in [-0.1, -0.05) is 0 Å². The molecule has 0 aromatic carbocycles. The van der Waals surface area contributed by atoms with Gasteiger partial charge in [-0.2, -0.15) is 0 Å². The standard InChI is InChI=1S/C13H17N3O4/c1-15-7-8(11(14)17)6-10(15)12(18)16-5-3-2-4-9(16)13(19)20/h6-7,9H,2-5H2,1H3,(H2,14,17)(H,19,20). The molecule has 0 saturated carbocycles. The Morgan fingerprint density at radius 2 is 2.05 bits per heavy atom. The molecule has 1 aliphatic rings. The molecule has 108 valence electrons. The number of hydrogen-bond donors (Lipinski definition) is 2. The normalized spacial score (nSPS) is 18.9. The molecule has 0 spiro atoms. The lowest BCUT2D eigenvalue weighted by Crippen LogP contribution is -2.48. The van der Waals surface area contributed by atoms with E-state index in [1.807, 2.05) is 0 Å². The highest BCUT2D eigenvalue weighted by Gasteiger charge is 2.33. The maximum Gasteiger partial charge on any atom is 0.326 e. The van der Waals surface area contributed by atoms with Crippen molar-refractivity contribution in [2.24, 2.45) is 12.8 Å². The Morgan fingerprint density at radius 3 is 2.60 bits per heavy atom. The van der Waals surface area contributed by atoms with Crippen molar-refractivity contribution in [1.29, 1.82) is 0 Å². The zero-order valence-corrected chi connectivity index (χ0v) is 11.2. The first-order valence-electron chi connectivity index (χ1n) is 6.41. The number of rotatable bonds is 3. The highest BCUT2D eigenvalue weighted by molar-refractivity contribution is 6.00. The number of aromatic nitrogens is 1. The van der Waals surface area contributed by atoms with Crippen molar-refractivity contribution in [1.82, 2.24) is 9.47 Å². The minimum Gasteiger partial charge on any atom is -0.480 e. The molecule has 3 N–H and O–H groups in total. The van der Waals surface area contributed by atoms with E-state index in [0.717, 1.165) is 12.8 Å². The van der Waals surface area contributed by atoms with Gasteiger partial charge in [0.15, 0.2) is 0 Å². The minimum absolute atomic E-state index is 0.236. The van der Waals surface area contributed by atoms with Crippen LogP contribution < -0.4 is 5.73 Å². The van der Waals surface area contributed by atoms with Crippen molar-refractivity contribution in [3.05, 3.63) is 23.5 Å². The Hall–Kier alpha value is -2.31. The molecule has 1 fully saturated rings. The topological polar surface area (TPSA) is 106 Å². The number of carbonyl (C=O) groups excluding carboxylic acids is 2. The van der Waals surface area contributed by atoms with E-state index in [9.17, 15) is 19.5 Å². The van der Waals surface area contributed by atoms with Gasteiger partial charge in [-0.3, -0.25) is 9.59 Å². The highest BCUT2D eigenvalue weighted by atomic mass is 16.4. The van der Waals surface area contributed by atoms with Gasteiger partial charge in [0, 0.05) is 19.8 Å². The second-order valence-corrected chi connectivity index (χ2v) is 4.94. The first kappa shape index (κ1) is 14.1. The van der Waals surface area contributed by atoms with E-state index in [1.165, 1.54) is 21.7 Å². The van der Waals surface area contributed by atoms with Crippen LogP contribution in [0, 0.1) is 0 Å². The smallest absolute Gasteiger partial charge is 0.326 e. The number of hydrogen-bond acceptors (Lipinski definition) is 3. The molecule has 1 aromatic rings. The van der Waals surface area contributed by atoms with Gasteiger partial charge < -0.3 is 20.3 Å². The summed E-state index contributed by atoms with van der Waals surface area (Å²) in [6.07, 6.45) is 3.49. The summed E-state index contributed by atoms with van der Waals surface area (Å²) in [5.41, 5.74) is 5.69. The third-order valence-electron chi connectivity index (χ3n) is 3.56. The molecule has 20 heavy (non-hydrogen) atoms. The fraction of sp³-hybridized carbons (Fsp3) is 0.462. The second kappa shape index (κ2) is 5.36. The van der Waals surface area contributed by atoms with Crippen LogP contribution in [-0.2, 0) is 11.8 Å². The largest absolute Gasteiger partial charge is 0.480 e. The molecule has 0 bridgehead atoms. The quantitative estimate of drug-likeness (QED) is 0.824. The molecule has 1 saturated heterocycles. The van der Waals surface area contributed by atoms with Crippen LogP contribution in [0.1, 0.15) is 40.1 Å². The summed E-state index contributed by atoms with van der Waals surface area (Å²) in [7, 11) is 1.62. The fourth-order valence-corrected chi connectivity index (χ4v) is 2.49. The monoisotopic (exact) mass is 279 g/mol. The van der Waals surface area contributed by atoms with E-state index in [-0.39, 0.29) is 17.2 Å². The molecule has 0 radical (unpaired) electrons. The van der Waals surface area contributed by atoms with Crippen LogP contribution in [-0.4, -0.2) is 44.9 Å². The predicted octanol–water partition coefficient (Wildman–Crippen LogP) is 0.203. The summed E-state index contributed by atoms with van der Waals surface area (Å²) in [6, 6.07) is 0.598. The third kappa shape index (κ3) is 2.52. The van der Waals surface area contributed by atoms with Gasteiger partial charge in [-0.05, 0) is 25.3 Å². The first-order chi connectivity index (χ1) is 9.41. The molecule has 2 heterocycles. The average Bonchev–Trinajstić information content (AvgIpc) is 2.80. The van der Waals surface area contributed by atoms with Crippen molar-refractivity contribution in [2.75, 3.05) is 6.54 Å². The van der Waals surface area contributed by atoms with E-state index >= 15 is 0 Å². The lowest BCUT2D eigenvalue weighted by molar-refractivity contribution is -0.143. The van der Waals surface area contributed by atoms with Crippen LogP contribution in [0.2, 0.25) is 0 Å². The van der Waals surface area contributed by atoms with Gasteiger partial charge in [0.25, 0.3) is 5.91 Å². The zero-order valence-electron chi connectivity index (χ0n) is 11.2. The summed E-state index contributed by atoms with van der Waals surface area (Å²) in [6.45, 7) is 0.410. The molecule has 7 nitrogen and oxygen atoms in total. The van der Waals surface area contributed by atoms with E-state index in [1.54, 1.807) is 7.05 Å². The lowest BCUT2D eigenvalue weighted by Gasteiger charge is -2.32. The summed E-state index contributed by atoms with van der Waals surface area (Å²) in [5.74, 6) is -2.00. The Morgan fingerprint density at radius 1 is 1.35 bits per heavy atom. The van der Waals surface area contributed by atoms with Crippen molar-refractivity contribution in [3.63, 3.8) is 0 Å². The SMILES string of the molecule is Cn1cc(C(N)=O)cc1C(=O)N1CCCCC1C(=O)O. The number of primary amides is 1. The number of nitrogens with zero attached hydrogens (tertiary/aromatic N) is 2. The molecule has 2 amide bonds. The van der Waals surface area contributed by atoms with Crippen LogP contribution in [0.4, 0.5) is 0 Å². The van der Waals surface area contributed by atoms with E-state index < -0.39 is 17.9 Å². The molecular weight excluding hydrogens is 262 g/mol. The predicted molar refractivity (Wildman–Crippen MR) is 70.2 cm³/mol.